The first-order chi connectivity index (χ1) is 13.5. The number of benzene rings is 1. The van der Waals surface area contributed by atoms with Crippen LogP contribution in [0.15, 0.2) is 36.9 Å². The molecule has 1 saturated heterocycles. The minimum atomic E-state index is -0.788. The summed E-state index contributed by atoms with van der Waals surface area (Å²) in [5.41, 5.74) is 8.60. The molecule has 1 aliphatic heterocycles. The highest BCUT2D eigenvalue weighted by Gasteiger charge is 2.38. The van der Waals surface area contributed by atoms with E-state index in [-0.39, 0.29) is 17.9 Å². The van der Waals surface area contributed by atoms with Gasteiger partial charge in [-0.05, 0) is 50.2 Å². The van der Waals surface area contributed by atoms with E-state index in [0.29, 0.717) is 19.6 Å². The molecule has 4 unspecified atom stereocenters. The summed E-state index contributed by atoms with van der Waals surface area (Å²) in [5.74, 6) is -0.308. The van der Waals surface area contributed by atoms with Crippen LogP contribution in [0.1, 0.15) is 49.8 Å². The molecule has 2 amide bonds. The van der Waals surface area contributed by atoms with Gasteiger partial charge in [-0.15, -0.1) is 6.58 Å². The minimum absolute atomic E-state index is 0.0125. The van der Waals surface area contributed by atoms with Gasteiger partial charge in [0.2, 0.25) is 11.8 Å². The number of nitrogens with two attached hydrogens (primary N) is 1. The van der Waals surface area contributed by atoms with Crippen LogP contribution in [0, 0.1) is 0 Å². The van der Waals surface area contributed by atoms with Crippen molar-refractivity contribution in [2.75, 3.05) is 13.2 Å². The van der Waals surface area contributed by atoms with Gasteiger partial charge in [-0.1, -0.05) is 30.3 Å². The number of fused-ring (bicyclic) bond motifs is 1. The highest BCUT2D eigenvalue weighted by atomic mass is 16.5. The Morgan fingerprint density at radius 2 is 2.14 bits per heavy atom. The van der Waals surface area contributed by atoms with Crippen molar-refractivity contribution in [2.45, 2.75) is 63.3 Å². The molecule has 0 bridgehead atoms. The van der Waals surface area contributed by atoms with Crippen LogP contribution in [-0.2, 0) is 20.7 Å². The summed E-state index contributed by atoms with van der Waals surface area (Å²) < 4.78 is 5.50. The lowest BCUT2D eigenvalue weighted by Gasteiger charge is -2.31. The van der Waals surface area contributed by atoms with E-state index < -0.39 is 18.2 Å². The molecule has 152 valence electrons. The highest BCUT2D eigenvalue weighted by molar-refractivity contribution is 5.90. The largest absolute Gasteiger partial charge is 0.372 e. The standard InChI is InChI=1S/C22H31N3O3/c1-3-14-28-15(2)20(23)22(27)25-13-7-12-19(25)21(26)24-18-11-6-9-16-8-4-5-10-17(16)18/h3-5,8,10,15,18-20H,1,6-7,9,11-14,23H2,2H3,(H,24,26). The first kappa shape index (κ1) is 20.6. The lowest BCUT2D eigenvalue weighted by Crippen LogP contribution is -2.55. The molecule has 1 aromatic carbocycles. The molecule has 1 aliphatic carbocycles. The van der Waals surface area contributed by atoms with Gasteiger partial charge in [-0.2, -0.15) is 0 Å². The van der Waals surface area contributed by atoms with Crippen LogP contribution in [0.5, 0.6) is 0 Å². The Balaban J connectivity index is 1.65. The molecule has 0 aromatic heterocycles. The molecular weight excluding hydrogens is 354 g/mol. The van der Waals surface area contributed by atoms with Crippen molar-refractivity contribution in [3.63, 3.8) is 0 Å². The number of nitrogens with one attached hydrogen (secondary N) is 1. The van der Waals surface area contributed by atoms with E-state index in [2.05, 4.69) is 24.0 Å². The number of hydrogen-bond donors (Lipinski definition) is 2. The topological polar surface area (TPSA) is 84.7 Å². The van der Waals surface area contributed by atoms with E-state index in [0.717, 1.165) is 25.7 Å². The van der Waals surface area contributed by atoms with Crippen LogP contribution in [0.3, 0.4) is 0 Å². The molecule has 28 heavy (non-hydrogen) atoms. The van der Waals surface area contributed by atoms with Gasteiger partial charge in [0.1, 0.15) is 12.1 Å². The Labute approximate surface area is 167 Å². The second-order valence-electron chi connectivity index (χ2n) is 7.69. The Bertz CT molecular complexity index is 721. The van der Waals surface area contributed by atoms with Crippen molar-refractivity contribution in [3.8, 4) is 0 Å². The van der Waals surface area contributed by atoms with Crippen molar-refractivity contribution in [1.29, 1.82) is 0 Å². The fraction of sp³-hybridized carbons (Fsp3) is 0.545. The van der Waals surface area contributed by atoms with Crippen LogP contribution in [0.25, 0.3) is 0 Å². The monoisotopic (exact) mass is 385 g/mol. The zero-order chi connectivity index (χ0) is 20.1. The SMILES string of the molecule is C=CCOC(C)C(N)C(=O)N1CCCC1C(=O)NC1CCCc2ccccc21. The van der Waals surface area contributed by atoms with E-state index in [4.69, 9.17) is 10.5 Å². The second kappa shape index (κ2) is 9.34. The number of carbonyl (C=O) groups is 2. The first-order valence-corrected chi connectivity index (χ1v) is 10.2. The molecule has 2 aliphatic rings. The van der Waals surface area contributed by atoms with Gasteiger partial charge >= 0.3 is 0 Å². The summed E-state index contributed by atoms with van der Waals surface area (Å²) >= 11 is 0. The first-order valence-electron chi connectivity index (χ1n) is 10.2. The molecule has 1 heterocycles. The number of aryl methyl sites for hydroxylation is 1. The molecule has 0 radical (unpaired) electrons. The van der Waals surface area contributed by atoms with Crippen LogP contribution >= 0.6 is 0 Å². The number of carbonyl (C=O) groups excluding carboxylic acids is 2. The number of nitrogens with zero attached hydrogens (tertiary/aromatic N) is 1. The third-order valence-corrected chi connectivity index (χ3v) is 5.79. The minimum Gasteiger partial charge on any atom is -0.372 e. The van der Waals surface area contributed by atoms with Crippen molar-refractivity contribution in [3.05, 3.63) is 48.0 Å². The Morgan fingerprint density at radius 3 is 2.93 bits per heavy atom. The maximum atomic E-state index is 13.0. The number of amides is 2. The summed E-state index contributed by atoms with van der Waals surface area (Å²) in [6.45, 7) is 6.28. The normalized spacial score (nSPS) is 23.6. The quantitative estimate of drug-likeness (QED) is 0.704. The Kier molecular flexibility index (Phi) is 6.86. The lowest BCUT2D eigenvalue weighted by atomic mass is 9.87. The van der Waals surface area contributed by atoms with Gasteiger partial charge in [0.05, 0.1) is 18.8 Å². The molecule has 3 rings (SSSR count). The van der Waals surface area contributed by atoms with Crippen molar-refractivity contribution in [2.24, 2.45) is 5.73 Å². The van der Waals surface area contributed by atoms with Gasteiger partial charge in [-0.25, -0.2) is 0 Å². The molecule has 6 heteroatoms. The molecule has 1 fully saturated rings. The average molecular weight is 386 g/mol. The van der Waals surface area contributed by atoms with Gasteiger partial charge in [0.25, 0.3) is 0 Å². The highest BCUT2D eigenvalue weighted by Crippen LogP contribution is 2.30. The predicted molar refractivity (Wildman–Crippen MR) is 109 cm³/mol. The van der Waals surface area contributed by atoms with E-state index in [1.807, 2.05) is 12.1 Å². The van der Waals surface area contributed by atoms with Crippen LogP contribution < -0.4 is 11.1 Å². The maximum absolute atomic E-state index is 13.0. The molecule has 1 aromatic rings. The average Bonchev–Trinajstić information content (AvgIpc) is 3.21. The number of likely N-dealkylation sites (tertiary alicyclic amines) is 1. The number of rotatable bonds is 7. The lowest BCUT2D eigenvalue weighted by molar-refractivity contribution is -0.142. The summed E-state index contributed by atoms with van der Waals surface area (Å²) in [7, 11) is 0. The zero-order valence-electron chi connectivity index (χ0n) is 16.6. The fourth-order valence-electron chi connectivity index (χ4n) is 4.19. The molecular formula is C22H31N3O3. The summed E-state index contributed by atoms with van der Waals surface area (Å²) in [6, 6.07) is 7.03. The fourth-order valence-corrected chi connectivity index (χ4v) is 4.19. The second-order valence-corrected chi connectivity index (χ2v) is 7.69. The summed E-state index contributed by atoms with van der Waals surface area (Å²) in [6.07, 6.45) is 5.70. The summed E-state index contributed by atoms with van der Waals surface area (Å²) in [5, 5.41) is 3.19. The molecule has 4 atom stereocenters. The van der Waals surface area contributed by atoms with E-state index >= 15 is 0 Å². The Hall–Kier alpha value is -2.18. The van der Waals surface area contributed by atoms with Gasteiger partial charge in [-0.3, -0.25) is 9.59 Å². The molecule has 0 spiro atoms. The maximum Gasteiger partial charge on any atom is 0.243 e. The van der Waals surface area contributed by atoms with E-state index in [9.17, 15) is 9.59 Å². The third-order valence-electron chi connectivity index (χ3n) is 5.79. The smallest absolute Gasteiger partial charge is 0.243 e. The third kappa shape index (κ3) is 4.45. The van der Waals surface area contributed by atoms with Gasteiger partial charge < -0.3 is 20.7 Å². The van der Waals surface area contributed by atoms with Crippen molar-refractivity contribution in [1.82, 2.24) is 10.2 Å². The molecule has 3 N–H and O–H groups in total. The predicted octanol–water partition coefficient (Wildman–Crippen LogP) is 2.09. The van der Waals surface area contributed by atoms with Crippen LogP contribution in [0.2, 0.25) is 0 Å². The summed E-state index contributed by atoms with van der Waals surface area (Å²) in [4.78, 5) is 27.5. The van der Waals surface area contributed by atoms with E-state index in [1.165, 1.54) is 11.1 Å². The zero-order valence-corrected chi connectivity index (χ0v) is 16.6. The van der Waals surface area contributed by atoms with Crippen LogP contribution in [0.4, 0.5) is 0 Å². The van der Waals surface area contributed by atoms with E-state index in [1.54, 1.807) is 17.9 Å². The van der Waals surface area contributed by atoms with Gasteiger partial charge in [0, 0.05) is 6.54 Å². The Morgan fingerprint density at radius 1 is 1.36 bits per heavy atom. The van der Waals surface area contributed by atoms with Crippen molar-refractivity contribution >= 4 is 11.8 Å². The van der Waals surface area contributed by atoms with Gasteiger partial charge in [0.15, 0.2) is 0 Å². The molecule has 6 nitrogen and oxygen atoms in total. The van der Waals surface area contributed by atoms with Crippen molar-refractivity contribution < 1.29 is 14.3 Å². The molecule has 0 saturated carbocycles. The number of hydrogen-bond acceptors (Lipinski definition) is 4. The number of ether oxygens (including phenoxy) is 1. The van der Waals surface area contributed by atoms with Crippen LogP contribution in [-0.4, -0.2) is 48.1 Å².